The van der Waals surface area contributed by atoms with E-state index in [1.165, 1.54) is 0 Å². The van der Waals surface area contributed by atoms with Crippen LogP contribution in [0.5, 0.6) is 5.75 Å². The van der Waals surface area contributed by atoms with Crippen molar-refractivity contribution < 1.29 is 14.3 Å². The van der Waals surface area contributed by atoms with Gasteiger partial charge in [-0.05, 0) is 31.7 Å². The van der Waals surface area contributed by atoms with Crippen LogP contribution in [0.15, 0.2) is 58.7 Å². The molecular weight excluding hydrogens is 420 g/mol. The lowest BCUT2D eigenvalue weighted by Crippen LogP contribution is -2.46. The van der Waals surface area contributed by atoms with Crippen molar-refractivity contribution in [3.63, 3.8) is 0 Å². The van der Waals surface area contributed by atoms with E-state index in [-0.39, 0.29) is 30.2 Å². The summed E-state index contributed by atoms with van der Waals surface area (Å²) in [6.45, 7) is 8.50. The maximum Gasteiger partial charge on any atom is 0.363 e. The van der Waals surface area contributed by atoms with Gasteiger partial charge in [-0.15, -0.1) is 0 Å². The van der Waals surface area contributed by atoms with E-state index in [0.717, 1.165) is 37.7 Å². The van der Waals surface area contributed by atoms with Crippen LogP contribution < -0.4 is 15.5 Å². The van der Waals surface area contributed by atoms with Crippen molar-refractivity contribution in [2.75, 3.05) is 6.61 Å². The summed E-state index contributed by atoms with van der Waals surface area (Å²) >= 11 is 0. The van der Waals surface area contributed by atoms with Gasteiger partial charge >= 0.3 is 5.97 Å². The minimum Gasteiger partial charge on any atom is -0.483 e. The highest BCUT2D eigenvalue weighted by Crippen LogP contribution is 2.32. The maximum absolute atomic E-state index is 12.9. The van der Waals surface area contributed by atoms with E-state index in [4.69, 9.17) is 9.47 Å². The van der Waals surface area contributed by atoms with Crippen LogP contribution in [0, 0.1) is 0 Å². The van der Waals surface area contributed by atoms with Crippen LogP contribution in [0.1, 0.15) is 62.0 Å². The van der Waals surface area contributed by atoms with Crippen molar-refractivity contribution in [3.8, 4) is 5.75 Å². The number of nitrogens with zero attached hydrogens (tertiary/aromatic N) is 3. The fourth-order valence-corrected chi connectivity index (χ4v) is 3.99. The van der Waals surface area contributed by atoms with E-state index in [9.17, 15) is 9.59 Å². The molecule has 0 amide bonds. The van der Waals surface area contributed by atoms with Gasteiger partial charge in [0.25, 0.3) is 5.43 Å². The Bertz CT molecular complexity index is 1040. The third-order valence-corrected chi connectivity index (χ3v) is 5.50. The minimum absolute atomic E-state index is 0.0629. The third kappa shape index (κ3) is 6.54. The molecule has 1 heterocycles. The predicted octanol–water partition coefficient (Wildman–Crippen LogP) is 3.85. The molecule has 33 heavy (non-hydrogen) atoms. The van der Waals surface area contributed by atoms with E-state index in [0.29, 0.717) is 12.4 Å². The first-order chi connectivity index (χ1) is 16.0. The molecule has 1 aliphatic carbocycles. The summed E-state index contributed by atoms with van der Waals surface area (Å²) in [6.07, 6.45) is 8.10. The first kappa shape index (κ1) is 24.2. The monoisotopic (exact) mass is 452 g/mol. The molecule has 8 heteroatoms. The van der Waals surface area contributed by atoms with Gasteiger partial charge < -0.3 is 14.8 Å². The summed E-state index contributed by atoms with van der Waals surface area (Å²) in [4.78, 5) is 29.7. The molecule has 1 aromatic carbocycles. The van der Waals surface area contributed by atoms with Gasteiger partial charge in [-0.25, -0.2) is 9.79 Å². The largest absolute Gasteiger partial charge is 0.483 e. The number of aliphatic imine (C=N–C) groups is 1. The fourth-order valence-electron chi connectivity index (χ4n) is 3.99. The Morgan fingerprint density at radius 3 is 2.67 bits per heavy atom. The lowest BCUT2D eigenvalue weighted by Gasteiger charge is -2.32. The summed E-state index contributed by atoms with van der Waals surface area (Å²) in [6, 6.07) is 9.53. The van der Waals surface area contributed by atoms with Gasteiger partial charge in [0.2, 0.25) is 5.69 Å². The standard InChI is InChI=1S/C25H32N4O4/c1-4-15-26-19(3)27-25(13-9-10-14-25)18-29-16-21(33-17-20-11-7-6-8-12-20)23(30)22(28-29)24(31)32-5-2/h6-8,11-12,15-16,27H,3-5,9-10,13-14,17-18H2,1-2H3/b26-15-. The molecule has 8 nitrogen and oxygen atoms in total. The Labute approximate surface area is 194 Å². The smallest absolute Gasteiger partial charge is 0.363 e. The van der Waals surface area contributed by atoms with Crippen molar-refractivity contribution in [2.45, 2.75) is 64.6 Å². The van der Waals surface area contributed by atoms with Crippen LogP contribution >= 0.6 is 0 Å². The zero-order valence-electron chi connectivity index (χ0n) is 19.4. The number of benzene rings is 1. The Balaban J connectivity index is 1.91. The zero-order valence-corrected chi connectivity index (χ0v) is 19.4. The molecule has 0 atom stereocenters. The topological polar surface area (TPSA) is 94.8 Å². The van der Waals surface area contributed by atoms with Crippen molar-refractivity contribution in [2.24, 2.45) is 4.99 Å². The van der Waals surface area contributed by atoms with Gasteiger partial charge in [0.05, 0.1) is 24.9 Å². The molecular formula is C25H32N4O4. The Kier molecular flexibility index (Phi) is 8.40. The van der Waals surface area contributed by atoms with Gasteiger partial charge in [0, 0.05) is 6.21 Å². The molecule has 0 spiro atoms. The van der Waals surface area contributed by atoms with E-state index < -0.39 is 11.4 Å². The zero-order chi connectivity index (χ0) is 23.7. The van der Waals surface area contributed by atoms with Crippen molar-refractivity contribution in [1.82, 2.24) is 15.1 Å². The highest BCUT2D eigenvalue weighted by Gasteiger charge is 2.35. The summed E-state index contributed by atoms with van der Waals surface area (Å²) < 4.78 is 12.5. The molecule has 1 aliphatic rings. The third-order valence-electron chi connectivity index (χ3n) is 5.50. The number of esters is 1. The second kappa shape index (κ2) is 11.4. The lowest BCUT2D eigenvalue weighted by atomic mass is 9.97. The molecule has 176 valence electrons. The van der Waals surface area contributed by atoms with Crippen LogP contribution in [0.2, 0.25) is 0 Å². The van der Waals surface area contributed by atoms with Crippen LogP contribution in [0.3, 0.4) is 0 Å². The second-order valence-corrected chi connectivity index (χ2v) is 8.14. The minimum atomic E-state index is -0.758. The molecule has 0 unspecified atom stereocenters. The first-order valence-electron chi connectivity index (χ1n) is 11.4. The number of ether oxygens (including phenoxy) is 2. The first-order valence-corrected chi connectivity index (χ1v) is 11.4. The molecule has 0 radical (unpaired) electrons. The van der Waals surface area contributed by atoms with Crippen molar-refractivity contribution >= 4 is 12.2 Å². The fraction of sp³-hybridized carbons (Fsp3) is 0.440. The van der Waals surface area contributed by atoms with Crippen LogP contribution in [0.4, 0.5) is 0 Å². The Morgan fingerprint density at radius 2 is 2.00 bits per heavy atom. The highest BCUT2D eigenvalue weighted by molar-refractivity contribution is 5.87. The normalized spacial score (nSPS) is 14.8. The molecule has 0 bridgehead atoms. The number of carbonyl (C=O) groups excluding carboxylic acids is 1. The van der Waals surface area contributed by atoms with Crippen LogP contribution in [0.25, 0.3) is 0 Å². The highest BCUT2D eigenvalue weighted by atomic mass is 16.5. The lowest BCUT2D eigenvalue weighted by molar-refractivity contribution is 0.0512. The quantitative estimate of drug-likeness (QED) is 0.411. The number of aromatic nitrogens is 2. The predicted molar refractivity (Wildman–Crippen MR) is 127 cm³/mol. The number of rotatable bonds is 11. The van der Waals surface area contributed by atoms with E-state index in [1.54, 1.807) is 17.8 Å². The van der Waals surface area contributed by atoms with Gasteiger partial charge in [0.1, 0.15) is 12.4 Å². The molecule has 1 aromatic heterocycles. The summed E-state index contributed by atoms with van der Waals surface area (Å²) in [5.74, 6) is -0.106. The van der Waals surface area contributed by atoms with Gasteiger partial charge in [-0.1, -0.05) is 56.7 Å². The second-order valence-electron chi connectivity index (χ2n) is 8.14. The van der Waals surface area contributed by atoms with E-state index in [1.807, 2.05) is 43.5 Å². The van der Waals surface area contributed by atoms with Crippen LogP contribution in [-0.2, 0) is 17.9 Å². The summed E-state index contributed by atoms with van der Waals surface area (Å²) in [5, 5.41) is 7.78. The number of hydrogen-bond donors (Lipinski definition) is 1. The van der Waals surface area contributed by atoms with Gasteiger partial charge in [-0.2, -0.15) is 5.10 Å². The van der Waals surface area contributed by atoms with E-state index in [2.05, 4.69) is 22.0 Å². The average Bonchev–Trinajstić information content (AvgIpc) is 3.26. The van der Waals surface area contributed by atoms with Crippen LogP contribution in [-0.4, -0.2) is 34.1 Å². The SMILES string of the molecule is C=C(/N=C\CC)NC1(Cn2cc(OCc3ccccc3)c(=O)c(C(=O)OCC)n2)CCCC1. The number of carbonyl (C=O) groups is 1. The van der Waals surface area contributed by atoms with Gasteiger partial charge in [0.15, 0.2) is 5.75 Å². The molecule has 0 aliphatic heterocycles. The number of nitrogens with one attached hydrogen (secondary N) is 1. The molecule has 0 saturated heterocycles. The maximum atomic E-state index is 12.9. The van der Waals surface area contributed by atoms with E-state index >= 15 is 0 Å². The molecule has 2 aromatic rings. The average molecular weight is 453 g/mol. The number of hydrogen-bond acceptors (Lipinski definition) is 7. The molecule has 1 saturated carbocycles. The van der Waals surface area contributed by atoms with Gasteiger partial charge in [-0.3, -0.25) is 9.48 Å². The molecule has 1 N–H and O–H groups in total. The molecule has 1 fully saturated rings. The summed E-state index contributed by atoms with van der Waals surface area (Å²) in [5.41, 5.74) is -0.270. The van der Waals surface area contributed by atoms with Crippen molar-refractivity contribution in [3.05, 3.63) is 70.4 Å². The Morgan fingerprint density at radius 1 is 1.27 bits per heavy atom. The van der Waals surface area contributed by atoms with Crippen molar-refractivity contribution in [1.29, 1.82) is 0 Å². The Hall–Kier alpha value is -3.42. The molecule has 3 rings (SSSR count). The summed E-state index contributed by atoms with van der Waals surface area (Å²) in [7, 11) is 0.